The van der Waals surface area contributed by atoms with Gasteiger partial charge in [-0.2, -0.15) is 0 Å². The van der Waals surface area contributed by atoms with E-state index >= 15 is 0 Å². The molecular formula is C29H32F2N2O2. The molecular weight excluding hydrogens is 446 g/mol. The van der Waals surface area contributed by atoms with Gasteiger partial charge in [0.2, 0.25) is 5.91 Å². The molecule has 2 amide bonds. The van der Waals surface area contributed by atoms with Crippen molar-refractivity contribution in [2.75, 3.05) is 18.4 Å². The molecule has 184 valence electrons. The molecule has 4 nitrogen and oxygen atoms in total. The number of hydrogen-bond acceptors (Lipinski definition) is 2. The molecule has 1 N–H and O–H groups in total. The van der Waals surface area contributed by atoms with Crippen LogP contribution in [0, 0.1) is 34.8 Å². The molecule has 1 heterocycles. The van der Waals surface area contributed by atoms with Crippen molar-refractivity contribution < 1.29 is 18.4 Å². The maximum atomic E-state index is 13.5. The third kappa shape index (κ3) is 4.36. The van der Waals surface area contributed by atoms with Crippen molar-refractivity contribution >= 4 is 17.5 Å². The van der Waals surface area contributed by atoms with Crippen LogP contribution in [0.25, 0.3) is 0 Å². The minimum absolute atomic E-state index is 0.0774. The third-order valence-electron chi connectivity index (χ3n) is 8.95. The van der Waals surface area contributed by atoms with Gasteiger partial charge in [-0.1, -0.05) is 12.1 Å². The van der Waals surface area contributed by atoms with E-state index in [1.807, 2.05) is 18.2 Å². The summed E-state index contributed by atoms with van der Waals surface area (Å²) in [6.07, 6.45) is 9.40. The average Bonchev–Trinajstić information content (AvgIpc) is 2.80. The highest BCUT2D eigenvalue weighted by Crippen LogP contribution is 2.61. The number of carbonyl (C=O) groups excluding carboxylic acids is 2. The van der Waals surface area contributed by atoms with E-state index in [9.17, 15) is 18.4 Å². The van der Waals surface area contributed by atoms with Gasteiger partial charge in [0, 0.05) is 30.8 Å². The number of rotatable bonds is 6. The van der Waals surface area contributed by atoms with Gasteiger partial charge in [-0.25, -0.2) is 8.78 Å². The number of nitrogens with zero attached hydrogens (tertiary/aromatic N) is 1. The van der Waals surface area contributed by atoms with Crippen molar-refractivity contribution in [1.29, 1.82) is 0 Å². The van der Waals surface area contributed by atoms with Gasteiger partial charge in [0.15, 0.2) is 11.6 Å². The molecule has 0 atom stereocenters. The van der Waals surface area contributed by atoms with Crippen molar-refractivity contribution in [2.45, 2.75) is 57.8 Å². The minimum Gasteiger partial charge on any atom is -0.338 e. The lowest BCUT2D eigenvalue weighted by Crippen LogP contribution is -2.47. The molecule has 2 aromatic rings. The fraction of sp³-hybridized carbons (Fsp3) is 0.517. The first-order chi connectivity index (χ1) is 16.9. The Hall–Kier alpha value is -2.76. The van der Waals surface area contributed by atoms with Crippen molar-refractivity contribution in [1.82, 2.24) is 4.90 Å². The van der Waals surface area contributed by atoms with E-state index in [2.05, 4.69) is 5.32 Å². The van der Waals surface area contributed by atoms with E-state index in [4.69, 9.17) is 0 Å². The molecule has 5 aliphatic rings. The van der Waals surface area contributed by atoms with Crippen LogP contribution in [-0.2, 0) is 17.6 Å². The molecule has 0 saturated heterocycles. The molecule has 4 aliphatic carbocycles. The zero-order valence-electron chi connectivity index (χ0n) is 20.0. The number of anilines is 1. The Labute approximate surface area is 205 Å². The zero-order valence-corrected chi connectivity index (χ0v) is 20.0. The molecule has 0 aromatic heterocycles. The summed E-state index contributed by atoms with van der Waals surface area (Å²) in [5.41, 5.74) is 3.12. The van der Waals surface area contributed by atoms with Gasteiger partial charge >= 0.3 is 0 Å². The molecule has 6 heteroatoms. The first kappa shape index (κ1) is 22.7. The molecule has 4 bridgehead atoms. The average molecular weight is 479 g/mol. The first-order valence-electron chi connectivity index (χ1n) is 13.0. The standard InChI is InChI=1S/C29H32F2N2O2/c30-24-5-4-18(13-25(24)31)6-8-33-9-7-22-23(28(33)35)2-1-3-26(22)32-27(34)17-29-14-19-10-20(15-29)12-21(11-19)16-29/h1-5,13,19-21H,6-12,14-17H2,(H,32,34). The molecule has 4 saturated carbocycles. The third-order valence-corrected chi connectivity index (χ3v) is 8.95. The second-order valence-corrected chi connectivity index (χ2v) is 11.5. The Morgan fingerprint density at radius 3 is 2.40 bits per heavy atom. The predicted octanol–water partition coefficient (Wildman–Crippen LogP) is 5.75. The molecule has 0 radical (unpaired) electrons. The number of fused-ring (bicyclic) bond motifs is 1. The SMILES string of the molecule is O=C(CC12CC3CC(CC(C3)C1)C2)Nc1cccc2c1CCN(CCc1ccc(F)c(F)c1)C2=O. The van der Waals surface area contributed by atoms with Crippen LogP contribution >= 0.6 is 0 Å². The second kappa shape index (κ2) is 8.72. The Morgan fingerprint density at radius 2 is 1.71 bits per heavy atom. The van der Waals surface area contributed by atoms with Crippen LogP contribution in [0.2, 0.25) is 0 Å². The van der Waals surface area contributed by atoms with E-state index in [-0.39, 0.29) is 17.2 Å². The molecule has 0 spiro atoms. The van der Waals surface area contributed by atoms with Gasteiger partial charge in [0.1, 0.15) is 0 Å². The fourth-order valence-electron chi connectivity index (χ4n) is 7.91. The van der Waals surface area contributed by atoms with Crippen molar-refractivity contribution in [3.8, 4) is 0 Å². The lowest BCUT2D eigenvalue weighted by molar-refractivity contribution is -0.124. The van der Waals surface area contributed by atoms with Gasteiger partial charge in [0.25, 0.3) is 5.91 Å². The van der Waals surface area contributed by atoms with E-state index < -0.39 is 11.6 Å². The van der Waals surface area contributed by atoms with Crippen molar-refractivity contribution in [2.24, 2.45) is 23.2 Å². The molecule has 2 aromatic carbocycles. The largest absolute Gasteiger partial charge is 0.338 e. The summed E-state index contributed by atoms with van der Waals surface area (Å²) < 4.78 is 26.7. The Morgan fingerprint density at radius 1 is 1.00 bits per heavy atom. The number of benzene rings is 2. The van der Waals surface area contributed by atoms with Crippen molar-refractivity contribution in [3.05, 3.63) is 64.7 Å². The minimum atomic E-state index is -0.869. The lowest BCUT2D eigenvalue weighted by Gasteiger charge is -2.56. The molecule has 1 aliphatic heterocycles. The predicted molar refractivity (Wildman–Crippen MR) is 130 cm³/mol. The van der Waals surface area contributed by atoms with Crippen LogP contribution in [-0.4, -0.2) is 29.8 Å². The second-order valence-electron chi connectivity index (χ2n) is 11.5. The Kier molecular flexibility index (Phi) is 5.65. The highest BCUT2D eigenvalue weighted by molar-refractivity contribution is 6.00. The smallest absolute Gasteiger partial charge is 0.254 e. The maximum Gasteiger partial charge on any atom is 0.254 e. The van der Waals surface area contributed by atoms with Crippen LogP contribution in [0.3, 0.4) is 0 Å². The summed E-state index contributed by atoms with van der Waals surface area (Å²) in [5, 5.41) is 3.16. The van der Waals surface area contributed by atoms with E-state index in [1.54, 1.807) is 11.0 Å². The summed E-state index contributed by atoms with van der Waals surface area (Å²) in [5.74, 6) is 0.705. The highest BCUT2D eigenvalue weighted by Gasteiger charge is 2.51. The summed E-state index contributed by atoms with van der Waals surface area (Å²) in [7, 11) is 0. The van der Waals surface area contributed by atoms with Gasteiger partial charge in [-0.15, -0.1) is 0 Å². The van der Waals surface area contributed by atoms with Gasteiger partial charge in [-0.3, -0.25) is 9.59 Å². The first-order valence-corrected chi connectivity index (χ1v) is 13.0. The van der Waals surface area contributed by atoms with E-state index in [1.165, 1.54) is 44.6 Å². The van der Waals surface area contributed by atoms with Crippen LogP contribution in [0.5, 0.6) is 0 Å². The molecule has 7 rings (SSSR count). The van der Waals surface area contributed by atoms with Gasteiger partial charge in [-0.05, 0) is 110 Å². The fourth-order valence-corrected chi connectivity index (χ4v) is 7.91. The number of nitrogens with one attached hydrogen (secondary N) is 1. The van der Waals surface area contributed by atoms with Crippen molar-refractivity contribution in [3.63, 3.8) is 0 Å². The monoisotopic (exact) mass is 478 g/mol. The molecule has 4 fully saturated rings. The van der Waals surface area contributed by atoms with E-state index in [0.717, 1.165) is 35.1 Å². The quantitative estimate of drug-likeness (QED) is 0.575. The molecule has 35 heavy (non-hydrogen) atoms. The Balaban J connectivity index is 1.12. The normalized spacial score (nSPS) is 28.8. The van der Waals surface area contributed by atoms with Gasteiger partial charge in [0.05, 0.1) is 0 Å². The summed E-state index contributed by atoms with van der Waals surface area (Å²) in [6.45, 7) is 0.976. The molecule has 0 unspecified atom stereocenters. The van der Waals surface area contributed by atoms with Crippen LogP contribution in [0.15, 0.2) is 36.4 Å². The van der Waals surface area contributed by atoms with Crippen LogP contribution in [0.4, 0.5) is 14.5 Å². The highest BCUT2D eigenvalue weighted by atomic mass is 19.2. The topological polar surface area (TPSA) is 49.4 Å². The summed E-state index contributed by atoms with van der Waals surface area (Å²) in [6, 6.07) is 9.41. The van der Waals surface area contributed by atoms with Crippen LogP contribution in [0.1, 0.15) is 66.4 Å². The van der Waals surface area contributed by atoms with Crippen LogP contribution < -0.4 is 5.32 Å². The number of halogens is 2. The number of carbonyl (C=O) groups is 2. The Bertz CT molecular complexity index is 1140. The zero-order chi connectivity index (χ0) is 24.2. The summed E-state index contributed by atoms with van der Waals surface area (Å²) in [4.78, 5) is 28.1. The van der Waals surface area contributed by atoms with E-state index in [0.29, 0.717) is 43.5 Å². The summed E-state index contributed by atoms with van der Waals surface area (Å²) >= 11 is 0. The maximum absolute atomic E-state index is 13.5. The lowest BCUT2D eigenvalue weighted by atomic mass is 9.49. The number of hydrogen-bond donors (Lipinski definition) is 1. The number of amides is 2. The van der Waals surface area contributed by atoms with Gasteiger partial charge < -0.3 is 10.2 Å².